The highest BCUT2D eigenvalue weighted by atomic mass is 35.5. The summed E-state index contributed by atoms with van der Waals surface area (Å²) in [6.45, 7) is 0. The van der Waals surface area contributed by atoms with Crippen LogP contribution in [0.25, 0.3) is 0 Å². The van der Waals surface area contributed by atoms with Crippen LogP contribution in [0.5, 0.6) is 0 Å². The average molecular weight is 422 g/mol. The monoisotopic (exact) mass is 420 g/mol. The third-order valence-electron chi connectivity index (χ3n) is 2.22. The number of halogens is 4. The van der Waals surface area contributed by atoms with Crippen molar-refractivity contribution >= 4 is 56.8 Å². The molecule has 0 N–H and O–H groups in total. The van der Waals surface area contributed by atoms with Crippen LogP contribution in [0.3, 0.4) is 0 Å². The zero-order valence-electron chi connectivity index (χ0n) is 11.9. The third-order valence-corrected chi connectivity index (χ3v) is 3.73. The molecule has 0 aliphatic rings. The van der Waals surface area contributed by atoms with Crippen molar-refractivity contribution in [1.29, 1.82) is 0 Å². The predicted molar refractivity (Wildman–Crippen MR) is 85.8 cm³/mol. The topological polar surface area (TPSA) is 88.0 Å². The van der Waals surface area contributed by atoms with E-state index >= 15 is 0 Å². The Labute approximate surface area is 154 Å². The summed E-state index contributed by atoms with van der Waals surface area (Å²) in [6, 6.07) is 10.8. The first-order valence-electron chi connectivity index (χ1n) is 5.70. The SMILES string of the molecule is C[n+]1c(Cl)cccc1Cl.C[n+]1c(Cl)cccc1Cl.O=S(=O)([O-])[O-]. The molecular formula is C12H12Cl4N2O4S. The Hall–Kier alpha value is -0.670. The smallest absolute Gasteiger partial charge is 0.275 e. The molecule has 23 heavy (non-hydrogen) atoms. The van der Waals surface area contributed by atoms with Gasteiger partial charge in [-0.25, -0.2) is 0 Å². The molecule has 0 unspecified atom stereocenters. The molecular weight excluding hydrogens is 410 g/mol. The second kappa shape index (κ2) is 10.2. The van der Waals surface area contributed by atoms with Crippen molar-refractivity contribution in [3.63, 3.8) is 0 Å². The van der Waals surface area contributed by atoms with Crippen molar-refractivity contribution in [2.75, 3.05) is 0 Å². The van der Waals surface area contributed by atoms with Gasteiger partial charge in [0, 0.05) is 34.7 Å². The molecule has 0 aromatic carbocycles. The van der Waals surface area contributed by atoms with Crippen molar-refractivity contribution in [3.8, 4) is 0 Å². The highest BCUT2D eigenvalue weighted by Crippen LogP contribution is 2.06. The van der Waals surface area contributed by atoms with E-state index in [2.05, 4.69) is 0 Å². The lowest BCUT2D eigenvalue weighted by atomic mass is 10.5. The molecule has 128 valence electrons. The van der Waals surface area contributed by atoms with Crippen LogP contribution in [0.2, 0.25) is 20.6 Å². The van der Waals surface area contributed by atoms with E-state index in [9.17, 15) is 0 Å². The summed E-state index contributed by atoms with van der Waals surface area (Å²) in [7, 11) is -1.55. The fraction of sp³-hybridized carbons (Fsp3) is 0.167. The summed E-state index contributed by atoms with van der Waals surface area (Å²) in [5.74, 6) is 0. The molecule has 0 saturated carbocycles. The largest absolute Gasteiger partial charge is 0.759 e. The van der Waals surface area contributed by atoms with Crippen LogP contribution in [0.1, 0.15) is 0 Å². The molecule has 0 radical (unpaired) electrons. The number of aromatic nitrogens is 2. The summed E-state index contributed by atoms with van der Waals surface area (Å²) in [5.41, 5.74) is 0. The molecule has 0 spiro atoms. The van der Waals surface area contributed by atoms with E-state index in [1.807, 2.05) is 26.2 Å². The summed E-state index contributed by atoms with van der Waals surface area (Å²) in [6.07, 6.45) is 0. The molecule has 0 amide bonds. The van der Waals surface area contributed by atoms with Gasteiger partial charge in [0.2, 0.25) is 0 Å². The van der Waals surface area contributed by atoms with Gasteiger partial charge in [0.05, 0.1) is 0 Å². The predicted octanol–water partition coefficient (Wildman–Crippen LogP) is 2.30. The summed E-state index contributed by atoms with van der Waals surface area (Å²) in [4.78, 5) is 0. The van der Waals surface area contributed by atoms with Crippen LogP contribution in [0, 0.1) is 0 Å². The summed E-state index contributed by atoms with van der Waals surface area (Å²) >= 11 is 22.8. The van der Waals surface area contributed by atoms with Crippen LogP contribution in [0.4, 0.5) is 0 Å². The quantitative estimate of drug-likeness (QED) is 0.282. The molecule has 2 rings (SSSR count). The lowest BCUT2D eigenvalue weighted by molar-refractivity contribution is -0.667. The molecule has 0 bridgehead atoms. The zero-order chi connectivity index (χ0) is 18.2. The van der Waals surface area contributed by atoms with E-state index in [0.29, 0.717) is 20.6 Å². The highest BCUT2D eigenvalue weighted by molar-refractivity contribution is 7.79. The maximum Gasteiger partial charge on any atom is 0.275 e. The first kappa shape index (κ1) is 22.3. The van der Waals surface area contributed by atoms with E-state index in [1.54, 1.807) is 33.4 Å². The first-order chi connectivity index (χ1) is 10.4. The number of rotatable bonds is 0. The molecule has 0 atom stereocenters. The van der Waals surface area contributed by atoms with Gasteiger partial charge in [-0.1, -0.05) is 0 Å². The van der Waals surface area contributed by atoms with E-state index in [4.69, 9.17) is 63.9 Å². The molecule has 2 aromatic rings. The number of hydrogen-bond donors (Lipinski definition) is 0. The Bertz CT molecular complexity index is 659. The Balaban J connectivity index is 0.000000332. The van der Waals surface area contributed by atoms with Crippen LogP contribution in [-0.4, -0.2) is 17.5 Å². The van der Waals surface area contributed by atoms with Crippen molar-refractivity contribution < 1.29 is 26.7 Å². The Morgan fingerprint density at radius 3 is 1.04 bits per heavy atom. The van der Waals surface area contributed by atoms with Gasteiger partial charge in [0.1, 0.15) is 14.1 Å². The highest BCUT2D eigenvalue weighted by Gasteiger charge is 2.05. The second-order valence-electron chi connectivity index (χ2n) is 3.87. The maximum absolute atomic E-state index is 8.52. The van der Waals surface area contributed by atoms with Crippen molar-refractivity contribution in [2.24, 2.45) is 14.1 Å². The van der Waals surface area contributed by atoms with Gasteiger partial charge >= 0.3 is 0 Å². The van der Waals surface area contributed by atoms with Crippen molar-refractivity contribution in [1.82, 2.24) is 0 Å². The molecule has 0 aliphatic heterocycles. The summed E-state index contributed by atoms with van der Waals surface area (Å²) in [5, 5.41) is 2.56. The minimum atomic E-state index is -5.17. The Kier molecular flexibility index (Phi) is 9.95. The van der Waals surface area contributed by atoms with Gasteiger partial charge in [-0.05, 0) is 58.5 Å². The van der Waals surface area contributed by atoms with E-state index in [1.165, 1.54) is 0 Å². The molecule has 6 nitrogen and oxygen atoms in total. The molecule has 0 aliphatic carbocycles. The Morgan fingerprint density at radius 2 is 0.913 bits per heavy atom. The maximum atomic E-state index is 8.52. The van der Waals surface area contributed by atoms with Gasteiger partial charge in [-0.2, -0.15) is 9.13 Å². The molecule has 2 aromatic heterocycles. The number of pyridine rings is 2. The molecule has 0 saturated heterocycles. The van der Waals surface area contributed by atoms with Crippen LogP contribution < -0.4 is 9.13 Å². The van der Waals surface area contributed by atoms with Crippen LogP contribution >= 0.6 is 46.4 Å². The summed E-state index contributed by atoms with van der Waals surface area (Å²) < 4.78 is 37.5. The van der Waals surface area contributed by atoms with Crippen molar-refractivity contribution in [2.45, 2.75) is 0 Å². The van der Waals surface area contributed by atoms with Gasteiger partial charge in [-0.15, -0.1) is 0 Å². The van der Waals surface area contributed by atoms with Gasteiger partial charge in [0.15, 0.2) is 0 Å². The van der Waals surface area contributed by atoms with Crippen molar-refractivity contribution in [3.05, 3.63) is 57.0 Å². The third kappa shape index (κ3) is 10.7. The zero-order valence-corrected chi connectivity index (χ0v) is 15.8. The van der Waals surface area contributed by atoms with Gasteiger partial charge in [-0.3, -0.25) is 8.42 Å². The van der Waals surface area contributed by atoms with Gasteiger partial charge in [0.25, 0.3) is 20.6 Å². The molecule has 0 fully saturated rings. The lowest BCUT2D eigenvalue weighted by Crippen LogP contribution is -2.30. The Morgan fingerprint density at radius 1 is 0.739 bits per heavy atom. The van der Waals surface area contributed by atoms with E-state index < -0.39 is 10.4 Å². The van der Waals surface area contributed by atoms with E-state index in [0.717, 1.165) is 0 Å². The number of nitrogens with zero attached hydrogens (tertiary/aromatic N) is 2. The number of hydrogen-bond acceptors (Lipinski definition) is 4. The van der Waals surface area contributed by atoms with Crippen LogP contribution in [-0.2, 0) is 24.5 Å². The van der Waals surface area contributed by atoms with Crippen LogP contribution in [0.15, 0.2) is 36.4 Å². The minimum absolute atomic E-state index is 0.641. The second-order valence-corrected chi connectivity index (χ2v) is 6.23. The van der Waals surface area contributed by atoms with Gasteiger partial charge < -0.3 is 9.11 Å². The van der Waals surface area contributed by atoms with E-state index in [-0.39, 0.29) is 0 Å². The first-order valence-corrected chi connectivity index (χ1v) is 8.54. The lowest BCUT2D eigenvalue weighted by Gasteiger charge is -2.06. The molecule has 11 heteroatoms. The fourth-order valence-corrected chi connectivity index (χ4v) is 1.81. The average Bonchev–Trinajstić information content (AvgIpc) is 2.41. The standard InChI is InChI=1S/2C6H6Cl2N.H2O4S/c2*1-9-5(7)3-2-4-6(9)8;1-5(2,3)4/h2*2-4H,1H3;(H2,1,2,3,4)/q2*+1;/p-2. The minimum Gasteiger partial charge on any atom is -0.759 e. The normalized spacial score (nSPS) is 10.1. The molecule has 2 heterocycles. The fourth-order valence-electron chi connectivity index (χ4n) is 1.07.